The van der Waals surface area contributed by atoms with Crippen LogP contribution in [0.3, 0.4) is 0 Å². The molecule has 3 aliphatic rings. The Labute approximate surface area is 212 Å². The first kappa shape index (κ1) is 24.6. The molecule has 0 atom stereocenters. The first-order chi connectivity index (χ1) is 17.2. The Hall–Kier alpha value is -3.06. The maximum absolute atomic E-state index is 12.3. The molecule has 0 aliphatic heterocycles. The fourth-order valence-electron chi connectivity index (χ4n) is 5.95. The largest absolute Gasteiger partial charge is 0.449 e. The van der Waals surface area contributed by atoms with Crippen LogP contribution in [0.2, 0.25) is 0 Å². The molecule has 36 heavy (non-hydrogen) atoms. The fourth-order valence-corrected chi connectivity index (χ4v) is 5.95. The number of fused-ring (bicyclic) bond motifs is 3. The van der Waals surface area contributed by atoms with Crippen molar-refractivity contribution in [3.63, 3.8) is 0 Å². The third-order valence-electron chi connectivity index (χ3n) is 7.47. The second-order valence-electron chi connectivity index (χ2n) is 11.4. The first-order valence-electron chi connectivity index (χ1n) is 12.9. The minimum Gasteiger partial charge on any atom is -0.449 e. The third-order valence-corrected chi connectivity index (χ3v) is 7.47. The molecule has 0 bridgehead atoms. The van der Waals surface area contributed by atoms with Crippen LogP contribution in [0.5, 0.6) is 0 Å². The highest BCUT2D eigenvalue weighted by molar-refractivity contribution is 5.79. The molecule has 0 radical (unpaired) electrons. The van der Waals surface area contributed by atoms with Crippen molar-refractivity contribution in [1.82, 2.24) is 10.6 Å². The van der Waals surface area contributed by atoms with Gasteiger partial charge in [-0.15, -0.1) is 0 Å². The van der Waals surface area contributed by atoms with Gasteiger partial charge in [-0.1, -0.05) is 48.5 Å². The number of amides is 2. The molecular formula is C29H36N2O5. The number of nitrogens with one attached hydrogen (secondary N) is 2. The Kier molecular flexibility index (Phi) is 6.68. The maximum Gasteiger partial charge on any atom is 0.407 e. The summed E-state index contributed by atoms with van der Waals surface area (Å²) in [4.78, 5) is 24.2. The van der Waals surface area contributed by atoms with E-state index in [1.807, 2.05) is 45.0 Å². The van der Waals surface area contributed by atoms with Crippen LogP contribution in [0.15, 0.2) is 48.5 Å². The standard InChI is InChI=1S/C29H36N2O5/c1-28(2,3)36-27(33)31-19-14-29(15-19)16-20(17-29)34-13-12-30-26(32)35-18-25-23-10-6-4-8-21(23)22-9-5-7-11-24(22)25/h4-11,19-20,25H,12-18H2,1-3H3,(H,30,32)(H,31,33)/t19-,20-,29?. The lowest BCUT2D eigenvalue weighted by molar-refractivity contribution is -0.126. The highest BCUT2D eigenvalue weighted by atomic mass is 16.6. The zero-order valence-electron chi connectivity index (χ0n) is 21.3. The second-order valence-corrected chi connectivity index (χ2v) is 11.4. The molecule has 2 N–H and O–H groups in total. The summed E-state index contributed by atoms with van der Waals surface area (Å²) in [5.41, 5.74) is 4.65. The van der Waals surface area contributed by atoms with E-state index in [0.29, 0.717) is 25.2 Å². The molecule has 2 saturated carbocycles. The van der Waals surface area contributed by atoms with Gasteiger partial charge in [0.2, 0.25) is 0 Å². The Morgan fingerprint density at radius 1 is 0.917 bits per heavy atom. The molecule has 7 nitrogen and oxygen atoms in total. The lowest BCUT2D eigenvalue weighted by atomic mass is 9.53. The molecule has 3 aliphatic carbocycles. The average molecular weight is 493 g/mol. The van der Waals surface area contributed by atoms with Gasteiger partial charge in [0.15, 0.2) is 0 Å². The predicted octanol–water partition coefficient (Wildman–Crippen LogP) is 5.38. The lowest BCUT2D eigenvalue weighted by Gasteiger charge is -2.57. The van der Waals surface area contributed by atoms with Gasteiger partial charge in [-0.05, 0) is 74.1 Å². The minimum absolute atomic E-state index is 0.0571. The summed E-state index contributed by atoms with van der Waals surface area (Å²) in [7, 11) is 0. The van der Waals surface area contributed by atoms with Crippen molar-refractivity contribution in [2.45, 2.75) is 70.1 Å². The monoisotopic (exact) mass is 492 g/mol. The zero-order valence-corrected chi connectivity index (χ0v) is 21.3. The van der Waals surface area contributed by atoms with E-state index in [9.17, 15) is 9.59 Å². The van der Waals surface area contributed by atoms with E-state index in [1.165, 1.54) is 22.3 Å². The number of carbonyl (C=O) groups excluding carboxylic acids is 2. The Bertz CT molecular complexity index is 1070. The number of carbonyl (C=O) groups is 2. The SMILES string of the molecule is CC(C)(C)OC(=O)N[C@H]1CC2(C1)C[C@H](OCCNC(=O)OCC1c3ccccc3-c3ccccc31)C2. The first-order valence-corrected chi connectivity index (χ1v) is 12.9. The molecule has 2 aromatic rings. The zero-order chi connectivity index (χ0) is 25.3. The Morgan fingerprint density at radius 3 is 2.14 bits per heavy atom. The van der Waals surface area contributed by atoms with Crippen molar-refractivity contribution >= 4 is 12.2 Å². The molecular weight excluding hydrogens is 456 g/mol. The van der Waals surface area contributed by atoms with E-state index >= 15 is 0 Å². The number of benzene rings is 2. The highest BCUT2D eigenvalue weighted by Crippen LogP contribution is 2.56. The predicted molar refractivity (Wildman–Crippen MR) is 137 cm³/mol. The summed E-state index contributed by atoms with van der Waals surface area (Å²) in [5.74, 6) is 0.0571. The minimum atomic E-state index is -0.477. The van der Waals surface area contributed by atoms with E-state index in [0.717, 1.165) is 25.7 Å². The summed E-state index contributed by atoms with van der Waals surface area (Å²) in [5, 5.41) is 5.76. The van der Waals surface area contributed by atoms with Gasteiger partial charge in [-0.25, -0.2) is 9.59 Å². The van der Waals surface area contributed by atoms with Gasteiger partial charge in [-0.3, -0.25) is 0 Å². The van der Waals surface area contributed by atoms with Crippen LogP contribution in [-0.2, 0) is 14.2 Å². The van der Waals surface area contributed by atoms with Gasteiger partial charge in [0.1, 0.15) is 12.2 Å². The number of hydrogen-bond donors (Lipinski definition) is 2. The molecule has 0 unspecified atom stereocenters. The molecule has 0 saturated heterocycles. The number of alkyl carbamates (subject to hydrolysis) is 2. The maximum atomic E-state index is 12.3. The van der Waals surface area contributed by atoms with Crippen LogP contribution >= 0.6 is 0 Å². The van der Waals surface area contributed by atoms with E-state index in [-0.39, 0.29) is 24.2 Å². The summed E-state index contributed by atoms with van der Waals surface area (Å²) < 4.78 is 16.8. The van der Waals surface area contributed by atoms with Crippen molar-refractivity contribution in [3.8, 4) is 11.1 Å². The third kappa shape index (κ3) is 5.36. The molecule has 5 rings (SSSR count). The van der Waals surface area contributed by atoms with Crippen molar-refractivity contribution in [1.29, 1.82) is 0 Å². The van der Waals surface area contributed by atoms with Crippen LogP contribution in [0.4, 0.5) is 9.59 Å². The normalized spacial score (nSPS) is 24.2. The summed E-state index contributed by atoms with van der Waals surface area (Å²) in [6, 6.07) is 16.8. The van der Waals surface area contributed by atoms with Gasteiger partial charge in [0, 0.05) is 18.5 Å². The van der Waals surface area contributed by atoms with Crippen LogP contribution in [0.25, 0.3) is 11.1 Å². The smallest absolute Gasteiger partial charge is 0.407 e. The number of ether oxygens (including phenoxy) is 3. The summed E-state index contributed by atoms with van der Waals surface area (Å²) in [6.45, 7) is 6.79. The molecule has 0 aromatic heterocycles. The van der Waals surface area contributed by atoms with Crippen molar-refractivity contribution < 1.29 is 23.8 Å². The molecule has 2 fully saturated rings. The van der Waals surface area contributed by atoms with Gasteiger partial charge in [0.25, 0.3) is 0 Å². The van der Waals surface area contributed by atoms with Gasteiger partial charge in [-0.2, -0.15) is 0 Å². The van der Waals surface area contributed by atoms with E-state index in [2.05, 4.69) is 34.9 Å². The Morgan fingerprint density at radius 2 is 1.53 bits per heavy atom. The van der Waals surface area contributed by atoms with Crippen molar-refractivity contribution in [3.05, 3.63) is 59.7 Å². The summed E-state index contributed by atoms with van der Waals surface area (Å²) in [6.07, 6.45) is 3.43. The number of hydrogen-bond acceptors (Lipinski definition) is 5. The molecule has 7 heteroatoms. The average Bonchev–Trinajstić information content (AvgIpc) is 3.09. The quantitative estimate of drug-likeness (QED) is 0.507. The van der Waals surface area contributed by atoms with Crippen LogP contribution in [0.1, 0.15) is 63.5 Å². The topological polar surface area (TPSA) is 85.9 Å². The molecule has 1 spiro atoms. The highest BCUT2D eigenvalue weighted by Gasteiger charge is 2.53. The molecule has 192 valence electrons. The van der Waals surface area contributed by atoms with E-state index in [4.69, 9.17) is 14.2 Å². The van der Waals surface area contributed by atoms with Gasteiger partial charge < -0.3 is 24.8 Å². The van der Waals surface area contributed by atoms with Gasteiger partial charge in [0.05, 0.1) is 12.7 Å². The van der Waals surface area contributed by atoms with Crippen LogP contribution < -0.4 is 10.6 Å². The van der Waals surface area contributed by atoms with Crippen LogP contribution in [-0.4, -0.2) is 49.7 Å². The fraction of sp³-hybridized carbons (Fsp3) is 0.517. The Balaban J connectivity index is 0.965. The molecule has 2 aromatic carbocycles. The van der Waals surface area contributed by atoms with Crippen LogP contribution in [0, 0.1) is 5.41 Å². The molecule has 2 amide bonds. The number of rotatable bonds is 7. The van der Waals surface area contributed by atoms with Gasteiger partial charge >= 0.3 is 12.2 Å². The van der Waals surface area contributed by atoms with Crippen molar-refractivity contribution in [2.24, 2.45) is 5.41 Å². The molecule has 0 heterocycles. The second kappa shape index (κ2) is 9.77. The van der Waals surface area contributed by atoms with E-state index in [1.54, 1.807) is 0 Å². The van der Waals surface area contributed by atoms with E-state index < -0.39 is 11.7 Å². The van der Waals surface area contributed by atoms with Crippen molar-refractivity contribution in [2.75, 3.05) is 19.8 Å². The lowest BCUT2D eigenvalue weighted by Crippen LogP contribution is -2.58. The summed E-state index contributed by atoms with van der Waals surface area (Å²) >= 11 is 0.